The van der Waals surface area contributed by atoms with Crippen LogP contribution in [0.15, 0.2) is 56.4 Å². The largest absolute Gasteiger partial charge is 0.280 e. The highest BCUT2D eigenvalue weighted by molar-refractivity contribution is 6.42. The highest BCUT2D eigenvalue weighted by Gasteiger charge is 2.08. The van der Waals surface area contributed by atoms with Gasteiger partial charge in [0.2, 0.25) is 0 Å². The van der Waals surface area contributed by atoms with Crippen molar-refractivity contribution in [3.05, 3.63) is 46.5 Å². The summed E-state index contributed by atoms with van der Waals surface area (Å²) < 4.78 is 0. The molecular formula is C16H12Cl2N4. The van der Waals surface area contributed by atoms with Crippen LogP contribution in [0.3, 0.4) is 0 Å². The van der Waals surface area contributed by atoms with Gasteiger partial charge in [0.15, 0.2) is 0 Å². The van der Waals surface area contributed by atoms with Crippen molar-refractivity contribution >= 4 is 59.4 Å². The van der Waals surface area contributed by atoms with Crippen LogP contribution in [0.4, 0.5) is 11.4 Å². The van der Waals surface area contributed by atoms with Gasteiger partial charge in [-0.05, 0) is 24.3 Å². The fraction of sp³-hybridized carbons (Fsp3) is 0.125. The second-order valence-electron chi connectivity index (χ2n) is 4.66. The normalized spacial score (nSPS) is 22.8. The first-order valence-corrected chi connectivity index (χ1v) is 7.45. The van der Waals surface area contributed by atoms with E-state index in [1.54, 1.807) is 37.0 Å². The van der Waals surface area contributed by atoms with Crippen LogP contribution in [0, 0.1) is 0 Å². The molecule has 2 aliphatic rings. The molecular weight excluding hydrogens is 319 g/mol. The first kappa shape index (κ1) is 14.9. The van der Waals surface area contributed by atoms with Crippen molar-refractivity contribution in [3.8, 4) is 0 Å². The van der Waals surface area contributed by atoms with E-state index in [-0.39, 0.29) is 12.1 Å². The number of halogens is 2. The Kier molecular flexibility index (Phi) is 4.61. The molecule has 0 N–H and O–H groups in total. The van der Waals surface area contributed by atoms with Gasteiger partial charge in [0.05, 0.1) is 21.4 Å². The van der Waals surface area contributed by atoms with Gasteiger partial charge in [0, 0.05) is 24.9 Å². The predicted octanol–water partition coefficient (Wildman–Crippen LogP) is 4.42. The number of nitrogens with zero attached hydrogens (tertiary/aromatic N) is 4. The van der Waals surface area contributed by atoms with Gasteiger partial charge in [-0.1, -0.05) is 35.4 Å². The van der Waals surface area contributed by atoms with Crippen LogP contribution in [0.5, 0.6) is 0 Å². The molecule has 110 valence electrons. The summed E-state index contributed by atoms with van der Waals surface area (Å²) in [6, 6.07) is 3.30. The Labute approximate surface area is 138 Å². The van der Waals surface area contributed by atoms with Crippen LogP contribution in [-0.2, 0) is 0 Å². The molecule has 4 nitrogen and oxygen atoms in total. The van der Waals surface area contributed by atoms with Gasteiger partial charge in [0.1, 0.15) is 12.1 Å². The van der Waals surface area contributed by atoms with Crippen LogP contribution in [-0.4, -0.2) is 36.9 Å². The summed E-state index contributed by atoms with van der Waals surface area (Å²) in [6.07, 6.45) is 14.6. The molecule has 0 saturated heterocycles. The zero-order chi connectivity index (χ0) is 15.4. The summed E-state index contributed by atoms with van der Waals surface area (Å²) in [5.74, 6) is 0. The van der Waals surface area contributed by atoms with E-state index in [2.05, 4.69) is 20.0 Å². The van der Waals surface area contributed by atoms with Gasteiger partial charge in [0.25, 0.3) is 0 Å². The van der Waals surface area contributed by atoms with Crippen LogP contribution < -0.4 is 0 Å². The van der Waals surface area contributed by atoms with Gasteiger partial charge in [-0.3, -0.25) is 20.0 Å². The fourth-order valence-corrected chi connectivity index (χ4v) is 2.26. The first-order valence-electron chi connectivity index (χ1n) is 6.70. The summed E-state index contributed by atoms with van der Waals surface area (Å²) in [5, 5.41) is 0.883. The molecule has 0 aliphatic carbocycles. The molecule has 1 aromatic carbocycles. The van der Waals surface area contributed by atoms with Gasteiger partial charge < -0.3 is 0 Å². The average molecular weight is 331 g/mol. The van der Waals surface area contributed by atoms with E-state index in [0.717, 1.165) is 0 Å². The predicted molar refractivity (Wildman–Crippen MR) is 95.6 cm³/mol. The molecule has 0 amide bonds. The molecule has 0 spiro atoms. The molecule has 0 aromatic heterocycles. The molecule has 22 heavy (non-hydrogen) atoms. The van der Waals surface area contributed by atoms with Crippen molar-refractivity contribution < 1.29 is 0 Å². The standard InChI is InChI=1S/C16H12Cl2N4/c17-13-7-15(21-9-11-3-1-5-19-11)16(8-14(13)18)22-10-12-4-2-6-20-12/h1-12H. The topological polar surface area (TPSA) is 49.4 Å². The van der Waals surface area contributed by atoms with E-state index in [1.165, 1.54) is 0 Å². The molecule has 6 heteroatoms. The molecule has 2 atom stereocenters. The fourth-order valence-electron chi connectivity index (χ4n) is 1.95. The maximum absolute atomic E-state index is 6.07. The molecule has 0 saturated carbocycles. The Morgan fingerprint density at radius 3 is 1.64 bits per heavy atom. The van der Waals surface area contributed by atoms with Gasteiger partial charge in [-0.25, -0.2) is 0 Å². The van der Waals surface area contributed by atoms with Crippen LogP contribution in [0.1, 0.15) is 0 Å². The molecule has 0 radical (unpaired) electrons. The maximum Gasteiger partial charge on any atom is 0.103 e. The SMILES string of the molecule is Clc1cc(N=CC2C=CC=N2)c(N=CC2C=CC=N2)cc1Cl. The smallest absolute Gasteiger partial charge is 0.103 e. The van der Waals surface area contributed by atoms with Crippen molar-refractivity contribution in [2.24, 2.45) is 20.0 Å². The highest BCUT2D eigenvalue weighted by Crippen LogP contribution is 2.36. The maximum atomic E-state index is 6.07. The Morgan fingerprint density at radius 2 is 1.27 bits per heavy atom. The average Bonchev–Trinajstić information content (AvgIpc) is 3.19. The molecule has 2 unspecified atom stereocenters. The van der Waals surface area contributed by atoms with E-state index in [0.29, 0.717) is 21.4 Å². The summed E-state index contributed by atoms with van der Waals surface area (Å²) >= 11 is 12.1. The van der Waals surface area contributed by atoms with Crippen LogP contribution in [0.2, 0.25) is 10.0 Å². The molecule has 2 aliphatic heterocycles. The third kappa shape index (κ3) is 3.59. The molecule has 0 fully saturated rings. The third-order valence-corrected chi connectivity index (χ3v) is 3.78. The Morgan fingerprint density at radius 1 is 0.818 bits per heavy atom. The lowest BCUT2D eigenvalue weighted by Crippen LogP contribution is -1.98. The van der Waals surface area contributed by atoms with E-state index >= 15 is 0 Å². The highest BCUT2D eigenvalue weighted by atomic mass is 35.5. The van der Waals surface area contributed by atoms with Crippen molar-refractivity contribution in [2.75, 3.05) is 0 Å². The van der Waals surface area contributed by atoms with Gasteiger partial charge in [-0.15, -0.1) is 0 Å². The second-order valence-corrected chi connectivity index (χ2v) is 5.47. The monoisotopic (exact) mass is 330 g/mol. The number of allylic oxidation sites excluding steroid dienone is 2. The summed E-state index contributed by atoms with van der Waals surface area (Å²) in [6.45, 7) is 0. The Bertz CT molecular complexity index is 658. The Hall–Kier alpha value is -2.04. The summed E-state index contributed by atoms with van der Waals surface area (Å²) in [4.78, 5) is 17.3. The lowest BCUT2D eigenvalue weighted by Gasteiger charge is -2.05. The lowest BCUT2D eigenvalue weighted by molar-refractivity contribution is 1.13. The first-order chi connectivity index (χ1) is 10.7. The molecule has 1 aromatic rings. The quantitative estimate of drug-likeness (QED) is 0.734. The second kappa shape index (κ2) is 6.81. The number of aliphatic imine (C=N–C) groups is 4. The van der Waals surface area contributed by atoms with Crippen molar-refractivity contribution in [1.82, 2.24) is 0 Å². The minimum Gasteiger partial charge on any atom is -0.280 e. The van der Waals surface area contributed by atoms with Crippen LogP contribution in [0.25, 0.3) is 0 Å². The number of benzene rings is 1. The molecule has 3 rings (SSSR count). The number of hydrogen-bond acceptors (Lipinski definition) is 4. The van der Waals surface area contributed by atoms with Crippen LogP contribution >= 0.6 is 23.2 Å². The zero-order valence-electron chi connectivity index (χ0n) is 11.5. The minimum atomic E-state index is -0.0475. The minimum absolute atomic E-state index is 0.0475. The number of hydrogen-bond donors (Lipinski definition) is 0. The third-order valence-electron chi connectivity index (χ3n) is 3.06. The van der Waals surface area contributed by atoms with E-state index in [1.807, 2.05) is 24.3 Å². The number of rotatable bonds is 4. The summed E-state index contributed by atoms with van der Waals surface area (Å²) in [5.41, 5.74) is 1.29. The zero-order valence-corrected chi connectivity index (χ0v) is 13.0. The van der Waals surface area contributed by atoms with Crippen molar-refractivity contribution in [1.29, 1.82) is 0 Å². The lowest BCUT2D eigenvalue weighted by atomic mass is 10.2. The van der Waals surface area contributed by atoms with Gasteiger partial charge in [-0.2, -0.15) is 0 Å². The summed E-state index contributed by atoms with van der Waals surface area (Å²) in [7, 11) is 0. The Balaban J connectivity index is 1.87. The van der Waals surface area contributed by atoms with E-state index < -0.39 is 0 Å². The molecule has 2 heterocycles. The van der Waals surface area contributed by atoms with Crippen molar-refractivity contribution in [2.45, 2.75) is 12.1 Å². The molecule has 0 bridgehead atoms. The van der Waals surface area contributed by atoms with Crippen molar-refractivity contribution in [3.63, 3.8) is 0 Å². The van der Waals surface area contributed by atoms with E-state index in [4.69, 9.17) is 23.2 Å². The van der Waals surface area contributed by atoms with E-state index in [9.17, 15) is 0 Å². The van der Waals surface area contributed by atoms with Gasteiger partial charge >= 0.3 is 0 Å².